The zero-order valence-corrected chi connectivity index (χ0v) is 17.5. The minimum atomic E-state index is 0.00389. The van der Waals surface area contributed by atoms with Gasteiger partial charge in [0.2, 0.25) is 0 Å². The van der Waals surface area contributed by atoms with Crippen molar-refractivity contribution in [2.75, 3.05) is 40.3 Å². The Kier molecular flexibility index (Phi) is 7.35. The lowest BCUT2D eigenvalue weighted by atomic mass is 9.95. The lowest BCUT2D eigenvalue weighted by Crippen LogP contribution is -2.40. The van der Waals surface area contributed by atoms with Crippen LogP contribution in [0, 0.1) is 5.92 Å². The topological polar surface area (TPSA) is 32.8 Å². The van der Waals surface area contributed by atoms with Gasteiger partial charge in [-0.05, 0) is 62.0 Å². The molecule has 1 aliphatic heterocycles. The van der Waals surface area contributed by atoms with Crippen LogP contribution in [0.1, 0.15) is 28.8 Å². The smallest absolute Gasteiger partial charge is 0.255 e. The molecule has 2 aromatic rings. The van der Waals surface area contributed by atoms with Crippen molar-refractivity contribution in [3.63, 3.8) is 0 Å². The van der Waals surface area contributed by atoms with Crippen LogP contribution in [-0.4, -0.2) is 56.0 Å². The van der Waals surface area contributed by atoms with Crippen LogP contribution in [0.2, 0.25) is 5.02 Å². The summed E-state index contributed by atoms with van der Waals surface area (Å²) in [6, 6.07) is 15.5. The number of benzene rings is 2. The number of carbonyl (C=O) groups is 1. The van der Waals surface area contributed by atoms with Crippen molar-refractivity contribution >= 4 is 17.5 Å². The molecule has 0 aromatic heterocycles. The molecule has 0 N–H and O–H groups in total. The number of methoxy groups -OCH3 is 1. The SMILES string of the molecule is COc1ccccc1CCN1CCC(CN(C)C(=O)c2ccccc2Cl)CC1. The number of nitrogens with zero attached hydrogens (tertiary/aromatic N) is 2. The Bertz CT molecular complexity index is 788. The molecule has 1 amide bonds. The summed E-state index contributed by atoms with van der Waals surface area (Å²) in [7, 11) is 3.60. The van der Waals surface area contributed by atoms with Gasteiger partial charge in [-0.1, -0.05) is 41.9 Å². The molecule has 0 atom stereocenters. The summed E-state index contributed by atoms with van der Waals surface area (Å²) in [5.74, 6) is 1.51. The average molecular weight is 401 g/mol. The number of hydrogen-bond donors (Lipinski definition) is 0. The van der Waals surface area contributed by atoms with Gasteiger partial charge in [-0.2, -0.15) is 0 Å². The lowest BCUT2D eigenvalue weighted by Gasteiger charge is -2.34. The third-order valence-corrected chi connectivity index (χ3v) is 5.91. The second-order valence-electron chi connectivity index (χ2n) is 7.51. The summed E-state index contributed by atoms with van der Waals surface area (Å²) in [5, 5.41) is 0.519. The van der Waals surface area contributed by atoms with Gasteiger partial charge >= 0.3 is 0 Å². The van der Waals surface area contributed by atoms with Crippen molar-refractivity contribution in [3.05, 3.63) is 64.7 Å². The first-order valence-corrected chi connectivity index (χ1v) is 10.3. The van der Waals surface area contributed by atoms with Crippen LogP contribution < -0.4 is 4.74 Å². The molecule has 0 aliphatic carbocycles. The molecular formula is C23H29ClN2O2. The van der Waals surface area contributed by atoms with Gasteiger partial charge in [0, 0.05) is 20.1 Å². The highest BCUT2D eigenvalue weighted by Gasteiger charge is 2.23. The lowest BCUT2D eigenvalue weighted by molar-refractivity contribution is 0.0740. The van der Waals surface area contributed by atoms with Crippen molar-refractivity contribution in [1.82, 2.24) is 9.80 Å². The fraction of sp³-hybridized carbons (Fsp3) is 0.435. The maximum absolute atomic E-state index is 12.6. The quantitative estimate of drug-likeness (QED) is 0.691. The molecule has 28 heavy (non-hydrogen) atoms. The third kappa shape index (κ3) is 5.27. The first-order valence-electron chi connectivity index (χ1n) is 9.92. The van der Waals surface area contributed by atoms with Gasteiger partial charge < -0.3 is 14.5 Å². The van der Waals surface area contributed by atoms with E-state index in [1.807, 2.05) is 36.2 Å². The monoisotopic (exact) mass is 400 g/mol. The van der Waals surface area contributed by atoms with Crippen molar-refractivity contribution in [2.24, 2.45) is 5.92 Å². The second-order valence-corrected chi connectivity index (χ2v) is 7.92. The van der Waals surface area contributed by atoms with Crippen molar-refractivity contribution < 1.29 is 9.53 Å². The average Bonchev–Trinajstić information content (AvgIpc) is 2.73. The zero-order valence-electron chi connectivity index (χ0n) is 16.7. The van der Waals surface area contributed by atoms with Crippen molar-refractivity contribution in [2.45, 2.75) is 19.3 Å². The van der Waals surface area contributed by atoms with Crippen LogP contribution in [0.25, 0.3) is 0 Å². The van der Waals surface area contributed by atoms with Crippen LogP contribution in [0.3, 0.4) is 0 Å². The van der Waals surface area contributed by atoms with E-state index in [9.17, 15) is 4.79 Å². The number of amides is 1. The number of rotatable bonds is 7. The summed E-state index contributed by atoms with van der Waals surface area (Å²) in [6.45, 7) is 3.98. The Morgan fingerprint density at radius 1 is 1.14 bits per heavy atom. The molecule has 1 saturated heterocycles. The van der Waals surface area contributed by atoms with Crippen molar-refractivity contribution in [3.8, 4) is 5.75 Å². The molecule has 0 unspecified atom stereocenters. The number of halogens is 1. The van der Waals surface area contributed by atoms with E-state index in [0.717, 1.165) is 51.2 Å². The van der Waals surface area contributed by atoms with Crippen LogP contribution in [0.15, 0.2) is 48.5 Å². The molecule has 4 nitrogen and oxygen atoms in total. The van der Waals surface area contributed by atoms with Crippen molar-refractivity contribution in [1.29, 1.82) is 0 Å². The normalized spacial score (nSPS) is 15.4. The van der Waals surface area contributed by atoms with Gasteiger partial charge in [-0.25, -0.2) is 0 Å². The van der Waals surface area contributed by atoms with Crippen LogP contribution in [0.4, 0.5) is 0 Å². The van der Waals surface area contributed by atoms with Gasteiger partial charge in [-0.3, -0.25) is 4.79 Å². The van der Waals surface area contributed by atoms with Gasteiger partial charge in [0.1, 0.15) is 5.75 Å². The Morgan fingerprint density at radius 2 is 1.82 bits per heavy atom. The highest BCUT2D eigenvalue weighted by atomic mass is 35.5. The molecular weight excluding hydrogens is 372 g/mol. The fourth-order valence-electron chi connectivity index (χ4n) is 3.89. The number of hydrogen-bond acceptors (Lipinski definition) is 3. The van der Waals surface area contributed by atoms with E-state index in [-0.39, 0.29) is 5.91 Å². The van der Waals surface area contributed by atoms with Gasteiger partial charge in [-0.15, -0.1) is 0 Å². The first-order chi connectivity index (χ1) is 13.6. The van der Waals surface area contributed by atoms with E-state index in [4.69, 9.17) is 16.3 Å². The number of ether oxygens (including phenoxy) is 1. The largest absolute Gasteiger partial charge is 0.496 e. The molecule has 1 fully saturated rings. The van der Waals surface area contributed by atoms with Gasteiger partial charge in [0.05, 0.1) is 17.7 Å². The van der Waals surface area contributed by atoms with Gasteiger partial charge in [0.25, 0.3) is 5.91 Å². The maximum atomic E-state index is 12.6. The molecule has 2 aromatic carbocycles. The Balaban J connectivity index is 1.45. The predicted molar refractivity (Wildman–Crippen MR) is 114 cm³/mol. The Hall–Kier alpha value is -2.04. The number of para-hydroxylation sites is 1. The molecule has 0 spiro atoms. The van der Waals surface area contributed by atoms with Crippen LogP contribution in [0.5, 0.6) is 5.75 Å². The first kappa shape index (κ1) is 20.7. The minimum absolute atomic E-state index is 0.00389. The third-order valence-electron chi connectivity index (χ3n) is 5.58. The summed E-state index contributed by atoms with van der Waals surface area (Å²) in [6.07, 6.45) is 3.23. The molecule has 1 aliphatic rings. The molecule has 150 valence electrons. The molecule has 0 saturated carbocycles. The van der Waals surface area contributed by atoms with E-state index < -0.39 is 0 Å². The van der Waals surface area contributed by atoms with E-state index in [1.54, 1.807) is 19.2 Å². The summed E-state index contributed by atoms with van der Waals surface area (Å²) >= 11 is 6.17. The molecule has 0 radical (unpaired) electrons. The fourth-order valence-corrected chi connectivity index (χ4v) is 4.11. The number of piperidine rings is 1. The van der Waals surface area contributed by atoms with Crippen LogP contribution >= 0.6 is 11.6 Å². The van der Waals surface area contributed by atoms with E-state index in [2.05, 4.69) is 17.0 Å². The Morgan fingerprint density at radius 3 is 2.54 bits per heavy atom. The molecule has 5 heteroatoms. The molecule has 1 heterocycles. The standard InChI is InChI=1S/C23H29ClN2O2/c1-25(23(27)20-8-4-5-9-21(20)24)17-18-11-14-26(15-12-18)16-13-19-7-3-6-10-22(19)28-2/h3-10,18H,11-17H2,1-2H3. The van der Waals surface area contributed by atoms with E-state index in [1.165, 1.54) is 5.56 Å². The second kappa shape index (κ2) is 9.94. The predicted octanol–water partition coefficient (Wildman–Crippen LogP) is 4.38. The summed E-state index contributed by atoms with van der Waals surface area (Å²) in [4.78, 5) is 17.0. The number of likely N-dealkylation sites (tertiary alicyclic amines) is 1. The Labute approximate surface area is 173 Å². The highest BCUT2D eigenvalue weighted by Crippen LogP contribution is 2.23. The summed E-state index contributed by atoms with van der Waals surface area (Å²) in [5.41, 5.74) is 1.85. The maximum Gasteiger partial charge on any atom is 0.255 e. The highest BCUT2D eigenvalue weighted by molar-refractivity contribution is 6.33. The summed E-state index contributed by atoms with van der Waals surface area (Å²) < 4.78 is 5.45. The zero-order chi connectivity index (χ0) is 19.9. The minimum Gasteiger partial charge on any atom is -0.496 e. The molecule has 3 rings (SSSR count). The van der Waals surface area contributed by atoms with Crippen LogP contribution in [-0.2, 0) is 6.42 Å². The van der Waals surface area contributed by atoms with E-state index >= 15 is 0 Å². The molecule has 0 bridgehead atoms. The van der Waals surface area contributed by atoms with E-state index in [0.29, 0.717) is 16.5 Å². The number of carbonyl (C=O) groups excluding carboxylic acids is 1. The van der Waals surface area contributed by atoms with Gasteiger partial charge in [0.15, 0.2) is 0 Å².